The van der Waals surface area contributed by atoms with Gasteiger partial charge in [-0.25, -0.2) is 0 Å². The molecule has 0 aromatic rings. The molecule has 22 heavy (non-hydrogen) atoms. The van der Waals surface area contributed by atoms with Crippen molar-refractivity contribution in [2.75, 3.05) is 0 Å². The molecule has 2 saturated carbocycles. The number of aliphatic hydroxyl groups excluding tert-OH is 1. The minimum absolute atomic E-state index is 0.0769. The van der Waals surface area contributed by atoms with Crippen LogP contribution in [0.15, 0.2) is 0 Å². The van der Waals surface area contributed by atoms with Gasteiger partial charge in [0.05, 0.1) is 23.4 Å². The van der Waals surface area contributed by atoms with E-state index >= 15 is 0 Å². The molecule has 0 aromatic heterocycles. The van der Waals surface area contributed by atoms with E-state index in [1.54, 1.807) is 13.8 Å². The van der Waals surface area contributed by atoms with Crippen molar-refractivity contribution >= 4 is 17.1 Å². The van der Waals surface area contributed by atoms with E-state index in [9.17, 15) is 19.2 Å². The van der Waals surface area contributed by atoms with Crippen molar-refractivity contribution in [1.82, 2.24) is 0 Å². The van der Waals surface area contributed by atoms with Gasteiger partial charge in [0.1, 0.15) is 5.78 Å². The zero-order valence-corrected chi connectivity index (χ0v) is 14.2. The molecular weight excluding hydrogens is 308 g/mol. The molecule has 7 heteroatoms. The van der Waals surface area contributed by atoms with Gasteiger partial charge in [0.2, 0.25) is 0 Å². The minimum Gasteiger partial charge on any atom is -0.393 e. The van der Waals surface area contributed by atoms with E-state index in [4.69, 9.17) is 8.37 Å². The molecule has 1 heterocycles. The number of Topliss-reactive ketones (excluding diaryl/α,β-unsaturated/α-hetero) is 1. The van der Waals surface area contributed by atoms with E-state index in [1.165, 1.54) is 0 Å². The lowest BCUT2D eigenvalue weighted by Gasteiger charge is -2.61. The summed E-state index contributed by atoms with van der Waals surface area (Å²) in [5, 5.41) is 21.0. The van der Waals surface area contributed by atoms with Crippen LogP contribution in [-0.2, 0) is 24.5 Å². The van der Waals surface area contributed by atoms with Gasteiger partial charge in [-0.1, -0.05) is 6.92 Å². The third-order valence-electron chi connectivity index (χ3n) is 5.82. The molecule has 3 rings (SSSR count). The third kappa shape index (κ3) is 2.21. The lowest BCUT2D eigenvalue weighted by molar-refractivity contribution is -0.230. The summed E-state index contributed by atoms with van der Waals surface area (Å²) in [6.45, 7) is 6.89. The van der Waals surface area contributed by atoms with Crippen molar-refractivity contribution in [1.29, 1.82) is 0 Å². The first kappa shape index (κ1) is 16.5. The fourth-order valence-corrected chi connectivity index (χ4v) is 5.89. The second-order valence-corrected chi connectivity index (χ2v) is 8.70. The second kappa shape index (κ2) is 4.83. The smallest absolute Gasteiger partial charge is 0.305 e. The first-order valence-corrected chi connectivity index (χ1v) is 8.71. The molecule has 3 fully saturated rings. The Morgan fingerprint density at radius 3 is 2.59 bits per heavy atom. The molecular formula is C15H24O6S. The molecule has 1 unspecified atom stereocenters. The Morgan fingerprint density at radius 2 is 2.00 bits per heavy atom. The first-order valence-electron chi connectivity index (χ1n) is 7.71. The maximum absolute atomic E-state index is 12.5. The summed E-state index contributed by atoms with van der Waals surface area (Å²) >= 11 is -1.94. The first-order chi connectivity index (χ1) is 9.99. The number of ketones is 1. The maximum Gasteiger partial charge on any atom is 0.305 e. The Kier molecular flexibility index (Phi) is 3.63. The van der Waals surface area contributed by atoms with Crippen LogP contribution >= 0.6 is 0 Å². The SMILES string of the molecule is CC(C)(O)[C@@H]1[C@@H](O)C[C@@]2(C)C(=O)CC[C@]3(C)O[S@@](=O)O[C@H]1C23. The lowest BCUT2D eigenvalue weighted by atomic mass is 9.50. The van der Waals surface area contributed by atoms with E-state index in [0.29, 0.717) is 12.8 Å². The fourth-order valence-electron chi connectivity index (χ4n) is 4.94. The van der Waals surface area contributed by atoms with Crippen LogP contribution < -0.4 is 0 Å². The van der Waals surface area contributed by atoms with Gasteiger partial charge in [0, 0.05) is 23.7 Å². The van der Waals surface area contributed by atoms with Crippen LogP contribution in [0.1, 0.15) is 47.0 Å². The van der Waals surface area contributed by atoms with Crippen LogP contribution in [0, 0.1) is 17.3 Å². The zero-order chi connectivity index (χ0) is 16.5. The van der Waals surface area contributed by atoms with E-state index in [2.05, 4.69) is 0 Å². The van der Waals surface area contributed by atoms with Crippen LogP contribution in [0.2, 0.25) is 0 Å². The monoisotopic (exact) mass is 332 g/mol. The molecule has 126 valence electrons. The molecule has 7 atom stereocenters. The van der Waals surface area contributed by atoms with E-state index < -0.39 is 46.1 Å². The topological polar surface area (TPSA) is 93.1 Å². The normalized spacial score (nSPS) is 52.3. The quantitative estimate of drug-likeness (QED) is 0.740. The minimum atomic E-state index is -1.94. The summed E-state index contributed by atoms with van der Waals surface area (Å²) in [6, 6.07) is 0. The van der Waals surface area contributed by atoms with Crippen molar-refractivity contribution in [3.8, 4) is 0 Å². The van der Waals surface area contributed by atoms with Gasteiger partial charge >= 0.3 is 11.4 Å². The Labute approximate surface area is 133 Å². The highest BCUT2D eigenvalue weighted by molar-refractivity contribution is 7.75. The Hall–Kier alpha value is -0.340. The second-order valence-electron chi connectivity index (χ2n) is 7.93. The van der Waals surface area contributed by atoms with Crippen LogP contribution in [0.25, 0.3) is 0 Å². The third-order valence-corrected chi connectivity index (χ3v) is 6.72. The van der Waals surface area contributed by atoms with Crippen LogP contribution in [-0.4, -0.2) is 43.6 Å². The van der Waals surface area contributed by atoms with Crippen molar-refractivity contribution in [2.45, 2.75) is 70.4 Å². The number of aliphatic hydroxyl groups is 2. The number of carbonyl (C=O) groups excluding carboxylic acids is 1. The predicted octanol–water partition coefficient (Wildman–Crippen LogP) is 0.876. The van der Waals surface area contributed by atoms with Gasteiger partial charge in [-0.05, 0) is 33.6 Å². The Morgan fingerprint density at radius 1 is 1.36 bits per heavy atom. The largest absolute Gasteiger partial charge is 0.393 e. The summed E-state index contributed by atoms with van der Waals surface area (Å²) < 4.78 is 23.1. The maximum atomic E-state index is 12.5. The number of hydrogen-bond donors (Lipinski definition) is 2. The molecule has 1 saturated heterocycles. The highest BCUT2D eigenvalue weighted by atomic mass is 32.2. The lowest BCUT2D eigenvalue weighted by Crippen LogP contribution is -2.70. The van der Waals surface area contributed by atoms with Crippen molar-refractivity contribution in [2.24, 2.45) is 17.3 Å². The predicted molar refractivity (Wildman–Crippen MR) is 78.8 cm³/mol. The van der Waals surface area contributed by atoms with Crippen molar-refractivity contribution in [3.63, 3.8) is 0 Å². The van der Waals surface area contributed by atoms with Crippen molar-refractivity contribution in [3.05, 3.63) is 0 Å². The molecule has 6 nitrogen and oxygen atoms in total. The summed E-state index contributed by atoms with van der Waals surface area (Å²) in [4.78, 5) is 12.5. The van der Waals surface area contributed by atoms with Gasteiger partial charge < -0.3 is 10.2 Å². The van der Waals surface area contributed by atoms with Gasteiger partial charge in [-0.2, -0.15) is 4.21 Å². The molecule has 0 spiro atoms. The average Bonchev–Trinajstić information content (AvgIpc) is 2.31. The molecule has 3 aliphatic rings. The van der Waals surface area contributed by atoms with E-state index in [-0.39, 0.29) is 18.1 Å². The molecule has 0 amide bonds. The number of carbonyl (C=O) groups is 1. The van der Waals surface area contributed by atoms with Gasteiger partial charge in [0.25, 0.3) is 0 Å². The van der Waals surface area contributed by atoms with Crippen LogP contribution in [0.4, 0.5) is 0 Å². The number of hydrogen-bond acceptors (Lipinski definition) is 6. The number of rotatable bonds is 1. The van der Waals surface area contributed by atoms with Gasteiger partial charge in [-0.3, -0.25) is 13.2 Å². The van der Waals surface area contributed by atoms with Crippen LogP contribution in [0.3, 0.4) is 0 Å². The summed E-state index contributed by atoms with van der Waals surface area (Å²) in [7, 11) is 0. The van der Waals surface area contributed by atoms with E-state index in [1.807, 2.05) is 13.8 Å². The Balaban J connectivity index is 2.12. The molecule has 1 aliphatic heterocycles. The van der Waals surface area contributed by atoms with Gasteiger partial charge in [-0.15, -0.1) is 0 Å². The zero-order valence-electron chi connectivity index (χ0n) is 13.4. The fraction of sp³-hybridized carbons (Fsp3) is 0.933. The summed E-state index contributed by atoms with van der Waals surface area (Å²) in [5.74, 6) is -0.879. The molecule has 0 radical (unpaired) electrons. The molecule has 2 aliphatic carbocycles. The molecule has 0 bridgehead atoms. The highest BCUT2D eigenvalue weighted by Gasteiger charge is 2.67. The average molecular weight is 332 g/mol. The molecule has 2 N–H and O–H groups in total. The highest BCUT2D eigenvalue weighted by Crippen LogP contribution is 2.59. The molecule has 0 aromatic carbocycles. The van der Waals surface area contributed by atoms with E-state index in [0.717, 1.165) is 0 Å². The van der Waals surface area contributed by atoms with Gasteiger partial charge in [0.15, 0.2) is 0 Å². The summed E-state index contributed by atoms with van der Waals surface area (Å²) in [6.07, 6.45) is -0.499. The van der Waals surface area contributed by atoms with Crippen LogP contribution in [0.5, 0.6) is 0 Å². The summed E-state index contributed by atoms with van der Waals surface area (Å²) in [5.41, 5.74) is -2.75. The standard InChI is InChI=1S/C15H24O6S/c1-13(2,18)10-8(16)7-14(3)9(17)5-6-15(4)12(14)11(10)20-22(19)21-15/h8,10-12,16,18H,5-7H2,1-4H3/t8-,10+,11+,12?,14-,15-,22-/m0/s1. The van der Waals surface area contributed by atoms with Crippen molar-refractivity contribution < 1.29 is 27.6 Å². The Bertz CT molecular complexity index is 529.